The van der Waals surface area contributed by atoms with Gasteiger partial charge in [-0.15, -0.1) is 0 Å². The van der Waals surface area contributed by atoms with Crippen LogP contribution < -0.4 is 5.73 Å². The molecule has 0 radical (unpaired) electrons. The Morgan fingerprint density at radius 1 is 1.26 bits per heavy atom. The Bertz CT molecular complexity index is 396. The summed E-state index contributed by atoms with van der Waals surface area (Å²) < 4.78 is 27.2. The molecule has 0 saturated carbocycles. The van der Waals surface area contributed by atoms with Gasteiger partial charge in [0.2, 0.25) is 0 Å². The van der Waals surface area contributed by atoms with E-state index >= 15 is 0 Å². The third-order valence-electron chi connectivity index (χ3n) is 3.65. The Labute approximate surface area is 114 Å². The minimum atomic E-state index is -0.810. The lowest BCUT2D eigenvalue weighted by atomic mass is 10.0. The SMILES string of the molecule is CCC(C)CN(CC)C(CN)c1cccc(F)c1F. The van der Waals surface area contributed by atoms with Gasteiger partial charge in [0.1, 0.15) is 0 Å². The van der Waals surface area contributed by atoms with E-state index in [2.05, 4.69) is 18.7 Å². The fraction of sp³-hybridized carbons (Fsp3) is 0.600. The summed E-state index contributed by atoms with van der Waals surface area (Å²) in [5.41, 5.74) is 6.14. The largest absolute Gasteiger partial charge is 0.329 e. The zero-order valence-corrected chi connectivity index (χ0v) is 12.0. The van der Waals surface area contributed by atoms with Crippen molar-refractivity contribution >= 4 is 0 Å². The maximum absolute atomic E-state index is 13.9. The highest BCUT2D eigenvalue weighted by molar-refractivity contribution is 5.23. The molecule has 0 aliphatic rings. The third-order valence-corrected chi connectivity index (χ3v) is 3.65. The van der Waals surface area contributed by atoms with Crippen molar-refractivity contribution in [2.24, 2.45) is 11.7 Å². The highest BCUT2D eigenvalue weighted by atomic mass is 19.2. The van der Waals surface area contributed by atoms with Crippen LogP contribution in [-0.4, -0.2) is 24.5 Å². The molecule has 1 aromatic rings. The van der Waals surface area contributed by atoms with Crippen LogP contribution in [0.25, 0.3) is 0 Å². The van der Waals surface area contributed by atoms with Gasteiger partial charge in [0.15, 0.2) is 11.6 Å². The van der Waals surface area contributed by atoms with Gasteiger partial charge in [-0.25, -0.2) is 8.78 Å². The molecule has 0 saturated heterocycles. The molecular weight excluding hydrogens is 246 g/mol. The smallest absolute Gasteiger partial charge is 0.163 e. The van der Waals surface area contributed by atoms with Gasteiger partial charge in [-0.3, -0.25) is 4.90 Å². The molecule has 0 bridgehead atoms. The first-order chi connectivity index (χ1) is 9.04. The molecule has 1 aromatic carbocycles. The lowest BCUT2D eigenvalue weighted by molar-refractivity contribution is 0.178. The van der Waals surface area contributed by atoms with Crippen LogP contribution in [0.15, 0.2) is 18.2 Å². The van der Waals surface area contributed by atoms with Crippen LogP contribution in [0.1, 0.15) is 38.8 Å². The summed E-state index contributed by atoms with van der Waals surface area (Å²) in [6.07, 6.45) is 1.05. The molecule has 2 nitrogen and oxygen atoms in total. The highest BCUT2D eigenvalue weighted by Gasteiger charge is 2.23. The first-order valence-corrected chi connectivity index (χ1v) is 6.93. The molecule has 0 heterocycles. The van der Waals surface area contributed by atoms with Crippen molar-refractivity contribution in [2.45, 2.75) is 33.2 Å². The van der Waals surface area contributed by atoms with Gasteiger partial charge in [0, 0.05) is 18.7 Å². The second-order valence-corrected chi connectivity index (χ2v) is 5.00. The molecule has 4 heteroatoms. The Hall–Kier alpha value is -1.00. The number of hydrogen-bond donors (Lipinski definition) is 1. The Morgan fingerprint density at radius 3 is 2.47 bits per heavy atom. The van der Waals surface area contributed by atoms with E-state index in [0.717, 1.165) is 25.6 Å². The van der Waals surface area contributed by atoms with Crippen LogP contribution in [0.3, 0.4) is 0 Å². The molecule has 108 valence electrons. The summed E-state index contributed by atoms with van der Waals surface area (Å²) in [6, 6.07) is 4.02. The van der Waals surface area contributed by atoms with Crippen LogP contribution in [-0.2, 0) is 0 Å². The van der Waals surface area contributed by atoms with Crippen LogP contribution in [0, 0.1) is 17.6 Å². The highest BCUT2D eigenvalue weighted by Crippen LogP contribution is 2.25. The van der Waals surface area contributed by atoms with E-state index in [1.807, 2.05) is 6.92 Å². The molecule has 0 spiro atoms. The summed E-state index contributed by atoms with van der Waals surface area (Å²) in [5.74, 6) is -1.08. The molecule has 1 rings (SSSR count). The first-order valence-electron chi connectivity index (χ1n) is 6.93. The van der Waals surface area contributed by atoms with Crippen LogP contribution >= 0.6 is 0 Å². The molecule has 0 fully saturated rings. The average molecular weight is 270 g/mol. The van der Waals surface area contributed by atoms with E-state index in [4.69, 9.17) is 5.73 Å². The van der Waals surface area contributed by atoms with E-state index in [0.29, 0.717) is 11.5 Å². The quantitative estimate of drug-likeness (QED) is 0.823. The third kappa shape index (κ3) is 3.98. The standard InChI is InChI=1S/C15H24F2N2/c1-4-11(3)10-19(5-2)14(9-18)12-7-6-8-13(16)15(12)17/h6-8,11,14H,4-5,9-10,18H2,1-3H3. The second-order valence-electron chi connectivity index (χ2n) is 5.00. The topological polar surface area (TPSA) is 29.3 Å². The van der Waals surface area contributed by atoms with Gasteiger partial charge in [-0.1, -0.05) is 39.3 Å². The fourth-order valence-corrected chi connectivity index (χ4v) is 2.26. The van der Waals surface area contributed by atoms with Gasteiger partial charge in [-0.2, -0.15) is 0 Å². The minimum Gasteiger partial charge on any atom is -0.329 e. The zero-order chi connectivity index (χ0) is 14.4. The van der Waals surface area contributed by atoms with Gasteiger partial charge < -0.3 is 5.73 Å². The Kier molecular flexibility index (Phi) is 6.38. The summed E-state index contributed by atoms with van der Waals surface area (Å²) >= 11 is 0. The van der Waals surface area contributed by atoms with E-state index in [1.54, 1.807) is 6.07 Å². The number of hydrogen-bond acceptors (Lipinski definition) is 2. The van der Waals surface area contributed by atoms with Crippen molar-refractivity contribution in [3.63, 3.8) is 0 Å². The van der Waals surface area contributed by atoms with Crippen molar-refractivity contribution < 1.29 is 8.78 Å². The van der Waals surface area contributed by atoms with Crippen LogP contribution in [0.5, 0.6) is 0 Å². The fourth-order valence-electron chi connectivity index (χ4n) is 2.26. The molecule has 0 aliphatic heterocycles. The number of benzene rings is 1. The van der Waals surface area contributed by atoms with E-state index < -0.39 is 11.6 Å². The molecule has 19 heavy (non-hydrogen) atoms. The minimum absolute atomic E-state index is 0.269. The van der Waals surface area contributed by atoms with Gasteiger partial charge in [0.05, 0.1) is 6.04 Å². The van der Waals surface area contributed by atoms with Crippen LogP contribution in [0.4, 0.5) is 8.78 Å². The summed E-state index contributed by atoms with van der Waals surface area (Å²) in [4.78, 5) is 2.12. The number of halogens is 2. The first kappa shape index (κ1) is 16.1. The predicted octanol–water partition coefficient (Wildman–Crippen LogP) is 3.33. The molecule has 2 unspecified atom stereocenters. The van der Waals surface area contributed by atoms with Gasteiger partial charge in [0.25, 0.3) is 0 Å². The molecule has 0 aliphatic carbocycles. The van der Waals surface area contributed by atoms with E-state index in [-0.39, 0.29) is 12.6 Å². The molecule has 0 aromatic heterocycles. The van der Waals surface area contributed by atoms with Crippen molar-refractivity contribution in [1.82, 2.24) is 4.90 Å². The zero-order valence-electron chi connectivity index (χ0n) is 12.0. The lowest BCUT2D eigenvalue weighted by Gasteiger charge is -2.32. The number of rotatable bonds is 7. The Balaban J connectivity index is 3.00. The maximum Gasteiger partial charge on any atom is 0.163 e. The molecule has 0 amide bonds. The van der Waals surface area contributed by atoms with Crippen LogP contribution in [0.2, 0.25) is 0 Å². The summed E-state index contributed by atoms with van der Waals surface area (Å²) in [6.45, 7) is 8.18. The Morgan fingerprint density at radius 2 is 1.95 bits per heavy atom. The molecule has 2 atom stereocenters. The number of nitrogens with two attached hydrogens (primary N) is 1. The molecule has 2 N–H and O–H groups in total. The number of nitrogens with zero attached hydrogens (tertiary/aromatic N) is 1. The van der Waals surface area contributed by atoms with Crippen molar-refractivity contribution in [3.05, 3.63) is 35.4 Å². The lowest BCUT2D eigenvalue weighted by Crippen LogP contribution is -2.37. The van der Waals surface area contributed by atoms with E-state index in [9.17, 15) is 8.78 Å². The van der Waals surface area contributed by atoms with Gasteiger partial charge >= 0.3 is 0 Å². The second kappa shape index (κ2) is 7.56. The summed E-state index contributed by atoms with van der Waals surface area (Å²) in [5, 5.41) is 0. The van der Waals surface area contributed by atoms with Crippen molar-refractivity contribution in [2.75, 3.05) is 19.6 Å². The van der Waals surface area contributed by atoms with E-state index in [1.165, 1.54) is 6.07 Å². The van der Waals surface area contributed by atoms with Crippen molar-refractivity contribution in [3.8, 4) is 0 Å². The number of likely N-dealkylation sites (N-methyl/N-ethyl adjacent to an activating group) is 1. The monoisotopic (exact) mass is 270 g/mol. The predicted molar refractivity (Wildman–Crippen MR) is 74.9 cm³/mol. The van der Waals surface area contributed by atoms with Gasteiger partial charge in [-0.05, 0) is 18.5 Å². The maximum atomic E-state index is 13.9. The normalized spacial score (nSPS) is 14.7. The molecular formula is C15H24F2N2. The average Bonchev–Trinajstić information content (AvgIpc) is 2.42. The summed E-state index contributed by atoms with van der Waals surface area (Å²) in [7, 11) is 0. The van der Waals surface area contributed by atoms with Crippen molar-refractivity contribution in [1.29, 1.82) is 0 Å².